The molecule has 0 aliphatic carbocycles. The SMILES string of the molecule is CC(C)c1ccc(C=C2SC(=S)N(CCC(=O)O)C2=O)cc1. The van der Waals surface area contributed by atoms with E-state index in [1.807, 2.05) is 24.3 Å². The minimum atomic E-state index is -0.942. The molecule has 0 bridgehead atoms. The second-order valence-corrected chi connectivity index (χ2v) is 6.97. The van der Waals surface area contributed by atoms with E-state index in [0.29, 0.717) is 15.1 Å². The van der Waals surface area contributed by atoms with Crippen LogP contribution in [0.2, 0.25) is 0 Å². The molecule has 1 N–H and O–H groups in total. The Morgan fingerprint density at radius 3 is 2.55 bits per heavy atom. The number of hydrogen-bond donors (Lipinski definition) is 1. The average molecular weight is 335 g/mol. The number of aliphatic carboxylic acids is 1. The summed E-state index contributed by atoms with van der Waals surface area (Å²) in [5.41, 5.74) is 2.18. The van der Waals surface area contributed by atoms with Crippen LogP contribution >= 0.6 is 24.0 Å². The van der Waals surface area contributed by atoms with Gasteiger partial charge in [-0.25, -0.2) is 0 Å². The first-order valence-electron chi connectivity index (χ1n) is 6.95. The normalized spacial score (nSPS) is 16.9. The van der Waals surface area contributed by atoms with Gasteiger partial charge in [0, 0.05) is 6.54 Å². The minimum Gasteiger partial charge on any atom is -0.481 e. The van der Waals surface area contributed by atoms with Crippen LogP contribution in [0.1, 0.15) is 37.3 Å². The predicted molar refractivity (Wildman–Crippen MR) is 92.7 cm³/mol. The van der Waals surface area contributed by atoms with Gasteiger partial charge in [0.1, 0.15) is 4.32 Å². The summed E-state index contributed by atoms with van der Waals surface area (Å²) < 4.78 is 0.413. The van der Waals surface area contributed by atoms with E-state index in [1.54, 1.807) is 6.08 Å². The Hall–Kier alpha value is -1.66. The quantitative estimate of drug-likeness (QED) is 0.659. The number of carboxylic acid groups (broad SMARTS) is 1. The van der Waals surface area contributed by atoms with E-state index in [0.717, 1.165) is 5.56 Å². The molecular formula is C16H17NO3S2. The molecule has 1 amide bonds. The van der Waals surface area contributed by atoms with Crippen LogP contribution in [0.3, 0.4) is 0 Å². The first-order chi connectivity index (χ1) is 10.4. The van der Waals surface area contributed by atoms with Gasteiger partial charge < -0.3 is 5.11 Å². The Kier molecular flexibility index (Phi) is 5.37. The van der Waals surface area contributed by atoms with Crippen molar-refractivity contribution < 1.29 is 14.7 Å². The van der Waals surface area contributed by atoms with Gasteiger partial charge in [0.25, 0.3) is 5.91 Å². The molecule has 4 nitrogen and oxygen atoms in total. The zero-order chi connectivity index (χ0) is 16.3. The van der Waals surface area contributed by atoms with Gasteiger partial charge in [-0.1, -0.05) is 62.1 Å². The van der Waals surface area contributed by atoms with Crippen LogP contribution in [0.25, 0.3) is 6.08 Å². The van der Waals surface area contributed by atoms with Gasteiger partial charge in [0.15, 0.2) is 0 Å². The Labute approximate surface area is 139 Å². The number of carbonyl (C=O) groups excluding carboxylic acids is 1. The molecule has 22 heavy (non-hydrogen) atoms. The van der Waals surface area contributed by atoms with Crippen LogP contribution in [0.5, 0.6) is 0 Å². The van der Waals surface area contributed by atoms with E-state index in [9.17, 15) is 9.59 Å². The van der Waals surface area contributed by atoms with Crippen LogP contribution in [-0.2, 0) is 9.59 Å². The smallest absolute Gasteiger partial charge is 0.305 e. The van der Waals surface area contributed by atoms with Gasteiger partial charge in [0.05, 0.1) is 11.3 Å². The van der Waals surface area contributed by atoms with Crippen molar-refractivity contribution in [2.24, 2.45) is 0 Å². The van der Waals surface area contributed by atoms with E-state index in [4.69, 9.17) is 17.3 Å². The largest absolute Gasteiger partial charge is 0.481 e. The van der Waals surface area contributed by atoms with E-state index >= 15 is 0 Å². The highest BCUT2D eigenvalue weighted by atomic mass is 32.2. The van der Waals surface area contributed by atoms with Gasteiger partial charge in [-0.05, 0) is 23.1 Å². The predicted octanol–water partition coefficient (Wildman–Crippen LogP) is 3.49. The third-order valence-corrected chi connectivity index (χ3v) is 4.70. The molecule has 1 aromatic rings. The first kappa shape index (κ1) is 16.7. The standard InChI is InChI=1S/C16H17NO3S2/c1-10(2)12-5-3-11(4-6-12)9-13-15(20)17(16(21)22-13)8-7-14(18)19/h3-6,9-10H,7-8H2,1-2H3,(H,18,19). The maximum atomic E-state index is 12.3. The van der Waals surface area contributed by atoms with Crippen molar-refractivity contribution in [2.75, 3.05) is 6.54 Å². The fourth-order valence-corrected chi connectivity index (χ4v) is 3.34. The van der Waals surface area contributed by atoms with Gasteiger partial charge >= 0.3 is 5.97 Å². The van der Waals surface area contributed by atoms with Crippen molar-refractivity contribution in [2.45, 2.75) is 26.2 Å². The molecule has 0 atom stereocenters. The average Bonchev–Trinajstić information content (AvgIpc) is 2.72. The van der Waals surface area contributed by atoms with Crippen LogP contribution in [0, 0.1) is 0 Å². The van der Waals surface area contributed by atoms with Crippen molar-refractivity contribution in [1.82, 2.24) is 4.90 Å². The highest BCUT2D eigenvalue weighted by molar-refractivity contribution is 8.26. The third-order valence-electron chi connectivity index (χ3n) is 3.32. The van der Waals surface area contributed by atoms with Crippen molar-refractivity contribution in [3.8, 4) is 0 Å². The van der Waals surface area contributed by atoms with Crippen LogP contribution < -0.4 is 0 Å². The molecule has 1 heterocycles. The molecule has 0 aromatic heterocycles. The topological polar surface area (TPSA) is 57.6 Å². The van der Waals surface area contributed by atoms with Gasteiger partial charge in [-0.2, -0.15) is 0 Å². The second-order valence-electron chi connectivity index (χ2n) is 5.30. The molecule has 1 aromatic carbocycles. The third kappa shape index (κ3) is 3.96. The van der Waals surface area contributed by atoms with E-state index < -0.39 is 5.97 Å². The van der Waals surface area contributed by atoms with Crippen LogP contribution in [-0.4, -0.2) is 32.7 Å². The van der Waals surface area contributed by atoms with Crippen molar-refractivity contribution >= 4 is 46.3 Å². The maximum Gasteiger partial charge on any atom is 0.305 e. The Morgan fingerprint density at radius 1 is 1.36 bits per heavy atom. The molecule has 2 rings (SSSR count). The zero-order valence-corrected chi connectivity index (χ0v) is 14.0. The number of carboxylic acids is 1. The molecule has 1 aliphatic heterocycles. The molecule has 1 saturated heterocycles. The van der Waals surface area contributed by atoms with Gasteiger partial charge in [-0.3, -0.25) is 14.5 Å². The molecule has 116 valence electrons. The summed E-state index contributed by atoms with van der Waals surface area (Å²) in [6, 6.07) is 8.03. The number of amides is 1. The van der Waals surface area contributed by atoms with E-state index in [2.05, 4.69) is 13.8 Å². The van der Waals surface area contributed by atoms with Crippen LogP contribution in [0.15, 0.2) is 29.2 Å². The first-order valence-corrected chi connectivity index (χ1v) is 8.18. The van der Waals surface area contributed by atoms with Crippen molar-refractivity contribution in [1.29, 1.82) is 0 Å². The minimum absolute atomic E-state index is 0.108. The highest BCUT2D eigenvalue weighted by Crippen LogP contribution is 2.32. The summed E-state index contributed by atoms with van der Waals surface area (Å²) in [6.07, 6.45) is 1.69. The summed E-state index contributed by atoms with van der Waals surface area (Å²) in [4.78, 5) is 24.8. The molecule has 0 unspecified atom stereocenters. The lowest BCUT2D eigenvalue weighted by molar-refractivity contribution is -0.137. The van der Waals surface area contributed by atoms with Crippen molar-refractivity contribution in [3.05, 3.63) is 40.3 Å². The number of nitrogens with zero attached hydrogens (tertiary/aromatic N) is 1. The lowest BCUT2D eigenvalue weighted by Crippen LogP contribution is -2.30. The molecular weight excluding hydrogens is 318 g/mol. The Balaban J connectivity index is 2.13. The second kappa shape index (κ2) is 7.07. The number of rotatable bonds is 5. The summed E-state index contributed by atoms with van der Waals surface area (Å²) in [6.45, 7) is 4.37. The zero-order valence-electron chi connectivity index (χ0n) is 12.4. The lowest BCUT2D eigenvalue weighted by Gasteiger charge is -2.12. The number of benzene rings is 1. The number of thioether (sulfide) groups is 1. The van der Waals surface area contributed by atoms with Crippen LogP contribution in [0.4, 0.5) is 0 Å². The van der Waals surface area contributed by atoms with Gasteiger partial charge in [-0.15, -0.1) is 0 Å². The lowest BCUT2D eigenvalue weighted by atomic mass is 10.0. The molecule has 6 heteroatoms. The summed E-state index contributed by atoms with van der Waals surface area (Å²) in [7, 11) is 0. The molecule has 0 spiro atoms. The van der Waals surface area contributed by atoms with Crippen molar-refractivity contribution in [3.63, 3.8) is 0 Å². The maximum absolute atomic E-state index is 12.3. The summed E-state index contributed by atoms with van der Waals surface area (Å²) >= 11 is 6.37. The Bertz CT molecular complexity index is 635. The number of thiocarbonyl (C=S) groups is 1. The summed E-state index contributed by atoms with van der Waals surface area (Å²) in [5, 5.41) is 8.72. The Morgan fingerprint density at radius 2 is 2.00 bits per heavy atom. The fourth-order valence-electron chi connectivity index (χ4n) is 2.03. The monoisotopic (exact) mass is 335 g/mol. The number of carbonyl (C=O) groups is 2. The highest BCUT2D eigenvalue weighted by Gasteiger charge is 2.31. The van der Waals surface area contributed by atoms with E-state index in [1.165, 1.54) is 22.2 Å². The molecule has 1 fully saturated rings. The molecule has 0 radical (unpaired) electrons. The number of hydrogen-bond acceptors (Lipinski definition) is 4. The summed E-state index contributed by atoms with van der Waals surface area (Å²) in [5.74, 6) is -0.699. The van der Waals surface area contributed by atoms with E-state index in [-0.39, 0.29) is 18.9 Å². The fraction of sp³-hybridized carbons (Fsp3) is 0.312. The molecule has 0 saturated carbocycles. The van der Waals surface area contributed by atoms with Gasteiger partial charge in [0.2, 0.25) is 0 Å². The molecule has 1 aliphatic rings.